The first kappa shape index (κ1) is 15.3. The van der Waals surface area contributed by atoms with Crippen molar-refractivity contribution in [2.45, 2.75) is 0 Å². The molecule has 4 nitrogen and oxygen atoms in total. The number of halogens is 3. The Morgan fingerprint density at radius 3 is 2.70 bits per heavy atom. The van der Waals surface area contributed by atoms with E-state index in [1.54, 1.807) is 6.07 Å². The van der Waals surface area contributed by atoms with Crippen LogP contribution in [0, 0.1) is 17.5 Å². The van der Waals surface area contributed by atoms with E-state index in [0.717, 1.165) is 12.1 Å². The van der Waals surface area contributed by atoms with Crippen LogP contribution >= 0.6 is 11.3 Å². The van der Waals surface area contributed by atoms with Crippen molar-refractivity contribution < 1.29 is 22.7 Å². The Hall–Kier alpha value is -2.61. The number of ether oxygens (including phenoxy) is 1. The maximum atomic E-state index is 13.7. The Kier molecular flexibility index (Phi) is 3.91. The number of carbonyl (C=O) groups excluding carboxylic acids is 1. The van der Waals surface area contributed by atoms with Gasteiger partial charge in [0.2, 0.25) is 5.82 Å². The van der Waals surface area contributed by atoms with Gasteiger partial charge < -0.3 is 10.1 Å². The summed E-state index contributed by atoms with van der Waals surface area (Å²) in [5, 5.41) is 3.01. The molecule has 0 aliphatic heterocycles. The lowest BCUT2D eigenvalue weighted by atomic mass is 10.2. The number of thiophene rings is 1. The fraction of sp³-hybridized carbons (Fsp3) is 0.0667. The van der Waals surface area contributed by atoms with Crippen LogP contribution in [0.4, 0.5) is 13.2 Å². The van der Waals surface area contributed by atoms with Crippen molar-refractivity contribution in [1.82, 2.24) is 10.3 Å². The van der Waals surface area contributed by atoms with E-state index < -0.39 is 23.2 Å². The summed E-state index contributed by atoms with van der Waals surface area (Å²) in [5.41, 5.74) is 0. The van der Waals surface area contributed by atoms with Crippen molar-refractivity contribution in [3.8, 4) is 11.5 Å². The minimum atomic E-state index is -1.61. The van der Waals surface area contributed by atoms with Gasteiger partial charge in [-0.15, -0.1) is 11.3 Å². The van der Waals surface area contributed by atoms with Crippen LogP contribution in [0.25, 0.3) is 10.1 Å². The molecule has 0 aliphatic carbocycles. The SMILES string of the molecule is CNC(=O)c1cc2c(Oc3ccc(F)c(F)c3F)cncc2s1. The normalized spacial score (nSPS) is 10.8. The van der Waals surface area contributed by atoms with Crippen molar-refractivity contribution in [2.24, 2.45) is 0 Å². The van der Waals surface area contributed by atoms with Gasteiger partial charge in [0, 0.05) is 18.6 Å². The molecule has 3 rings (SSSR count). The largest absolute Gasteiger partial charge is 0.452 e. The van der Waals surface area contributed by atoms with Gasteiger partial charge in [-0.1, -0.05) is 0 Å². The Balaban J connectivity index is 2.05. The third-order valence-corrected chi connectivity index (χ3v) is 4.15. The van der Waals surface area contributed by atoms with Crippen molar-refractivity contribution >= 4 is 27.3 Å². The Bertz CT molecular complexity index is 911. The average Bonchev–Trinajstić information content (AvgIpc) is 2.99. The number of pyridine rings is 1. The first-order chi connectivity index (χ1) is 11.0. The zero-order valence-electron chi connectivity index (χ0n) is 11.7. The topological polar surface area (TPSA) is 51.2 Å². The van der Waals surface area contributed by atoms with Crippen molar-refractivity contribution in [1.29, 1.82) is 0 Å². The monoisotopic (exact) mass is 338 g/mol. The molecule has 0 aliphatic rings. The first-order valence-electron chi connectivity index (χ1n) is 6.42. The van der Waals surface area contributed by atoms with Gasteiger partial charge in [-0.2, -0.15) is 4.39 Å². The predicted octanol–water partition coefficient (Wildman–Crippen LogP) is 3.87. The van der Waals surface area contributed by atoms with E-state index in [9.17, 15) is 18.0 Å². The molecule has 1 aromatic carbocycles. The number of nitrogens with zero attached hydrogens (tertiary/aromatic N) is 1. The van der Waals surface area contributed by atoms with E-state index in [1.165, 1.54) is 30.8 Å². The molecule has 0 spiro atoms. The van der Waals surface area contributed by atoms with Gasteiger partial charge in [0.1, 0.15) is 0 Å². The van der Waals surface area contributed by atoms with Crippen LogP contribution in [-0.2, 0) is 0 Å². The number of hydrogen-bond acceptors (Lipinski definition) is 4. The highest BCUT2D eigenvalue weighted by atomic mass is 32.1. The molecule has 0 fully saturated rings. The smallest absolute Gasteiger partial charge is 0.261 e. The lowest BCUT2D eigenvalue weighted by molar-refractivity contribution is 0.0967. The molecule has 0 unspecified atom stereocenters. The van der Waals surface area contributed by atoms with Gasteiger partial charge in [-0.05, 0) is 18.2 Å². The fourth-order valence-corrected chi connectivity index (χ4v) is 2.95. The molecular weight excluding hydrogens is 329 g/mol. The fourth-order valence-electron chi connectivity index (χ4n) is 1.96. The molecular formula is C15H9F3N2O2S. The second-order valence-electron chi connectivity index (χ2n) is 4.51. The minimum Gasteiger partial charge on any atom is -0.452 e. The van der Waals surface area contributed by atoms with Crippen LogP contribution in [0.1, 0.15) is 9.67 Å². The third-order valence-electron chi connectivity index (χ3n) is 3.08. The Morgan fingerprint density at radius 2 is 1.96 bits per heavy atom. The molecule has 23 heavy (non-hydrogen) atoms. The number of rotatable bonds is 3. The summed E-state index contributed by atoms with van der Waals surface area (Å²) in [7, 11) is 1.50. The summed E-state index contributed by atoms with van der Waals surface area (Å²) in [4.78, 5) is 16.0. The molecule has 0 saturated carbocycles. The molecule has 8 heteroatoms. The van der Waals surface area contributed by atoms with Crippen LogP contribution in [0.5, 0.6) is 11.5 Å². The Morgan fingerprint density at radius 1 is 1.17 bits per heavy atom. The summed E-state index contributed by atoms with van der Waals surface area (Å²) in [5.74, 6) is -4.95. The van der Waals surface area contributed by atoms with Gasteiger partial charge in [-0.25, -0.2) is 8.78 Å². The Labute approximate surface area is 132 Å². The highest BCUT2D eigenvalue weighted by Crippen LogP contribution is 2.35. The molecule has 118 valence electrons. The number of benzene rings is 1. The van der Waals surface area contributed by atoms with Crippen molar-refractivity contribution in [3.63, 3.8) is 0 Å². The number of amides is 1. The molecule has 1 N–H and O–H groups in total. The summed E-state index contributed by atoms with van der Waals surface area (Å²) in [6, 6.07) is 3.32. The highest BCUT2D eigenvalue weighted by molar-refractivity contribution is 7.20. The molecule has 0 atom stereocenters. The average molecular weight is 338 g/mol. The molecule has 0 bridgehead atoms. The predicted molar refractivity (Wildman–Crippen MR) is 79.4 cm³/mol. The van der Waals surface area contributed by atoms with Crippen LogP contribution in [-0.4, -0.2) is 17.9 Å². The number of hydrogen-bond donors (Lipinski definition) is 1. The molecule has 1 amide bonds. The van der Waals surface area contributed by atoms with Crippen LogP contribution in [0.15, 0.2) is 30.6 Å². The number of nitrogens with one attached hydrogen (secondary N) is 1. The van der Waals surface area contributed by atoms with Gasteiger partial charge in [0.05, 0.1) is 15.8 Å². The van der Waals surface area contributed by atoms with Crippen LogP contribution in [0.3, 0.4) is 0 Å². The van der Waals surface area contributed by atoms with Crippen LogP contribution < -0.4 is 10.1 Å². The highest BCUT2D eigenvalue weighted by Gasteiger charge is 2.17. The maximum absolute atomic E-state index is 13.7. The van der Waals surface area contributed by atoms with Crippen LogP contribution in [0.2, 0.25) is 0 Å². The molecule has 0 saturated heterocycles. The lowest BCUT2D eigenvalue weighted by Crippen LogP contribution is -2.15. The molecule has 2 aromatic heterocycles. The van der Waals surface area contributed by atoms with E-state index in [4.69, 9.17) is 4.74 Å². The van der Waals surface area contributed by atoms with Gasteiger partial charge >= 0.3 is 0 Å². The zero-order valence-corrected chi connectivity index (χ0v) is 12.5. The standard InChI is InChI=1S/C15H9F3N2O2S/c1-19-15(21)11-4-7-10(5-20-6-12(7)23-11)22-9-3-2-8(16)13(17)14(9)18/h2-6H,1H3,(H,19,21). The number of carbonyl (C=O) groups is 1. The van der Waals surface area contributed by atoms with E-state index in [2.05, 4.69) is 10.3 Å². The molecule has 3 aromatic rings. The summed E-state index contributed by atoms with van der Waals surface area (Å²) in [6.07, 6.45) is 2.84. The molecule has 0 radical (unpaired) electrons. The van der Waals surface area contributed by atoms with Crippen molar-refractivity contribution in [2.75, 3.05) is 7.05 Å². The minimum absolute atomic E-state index is 0.138. The van der Waals surface area contributed by atoms with E-state index in [1.807, 2.05) is 0 Å². The summed E-state index contributed by atoms with van der Waals surface area (Å²) < 4.78 is 45.9. The quantitative estimate of drug-likeness (QED) is 0.738. The lowest BCUT2D eigenvalue weighted by Gasteiger charge is -2.08. The second kappa shape index (κ2) is 5.88. The number of aromatic nitrogens is 1. The van der Waals surface area contributed by atoms with Gasteiger partial charge in [-0.3, -0.25) is 9.78 Å². The third kappa shape index (κ3) is 2.72. The van der Waals surface area contributed by atoms with Gasteiger partial charge in [0.25, 0.3) is 5.91 Å². The van der Waals surface area contributed by atoms with E-state index >= 15 is 0 Å². The van der Waals surface area contributed by atoms with Gasteiger partial charge in [0.15, 0.2) is 23.1 Å². The van der Waals surface area contributed by atoms with E-state index in [0.29, 0.717) is 15.0 Å². The second-order valence-corrected chi connectivity index (χ2v) is 5.60. The summed E-state index contributed by atoms with van der Waals surface area (Å²) >= 11 is 1.18. The molecule has 2 heterocycles. The maximum Gasteiger partial charge on any atom is 0.261 e. The summed E-state index contributed by atoms with van der Waals surface area (Å²) in [6.45, 7) is 0. The van der Waals surface area contributed by atoms with E-state index in [-0.39, 0.29) is 11.7 Å². The first-order valence-corrected chi connectivity index (χ1v) is 7.24. The van der Waals surface area contributed by atoms with Crippen molar-refractivity contribution in [3.05, 3.63) is 52.9 Å². The zero-order chi connectivity index (χ0) is 16.6. The number of fused-ring (bicyclic) bond motifs is 1.